The molecule has 1 aliphatic heterocycles. The maximum Gasteiger partial charge on any atom is 0.416 e. The van der Waals surface area contributed by atoms with Gasteiger partial charge in [0.25, 0.3) is 0 Å². The van der Waals surface area contributed by atoms with Gasteiger partial charge in [-0.05, 0) is 42.8 Å². The lowest BCUT2D eigenvalue weighted by Gasteiger charge is -2.37. The average molecular weight is 529 g/mol. The quantitative estimate of drug-likeness (QED) is 0.441. The van der Waals surface area contributed by atoms with E-state index in [1.165, 1.54) is 37.3 Å². The number of nitrogens with zero attached hydrogens (tertiary/aromatic N) is 2. The molecule has 0 fully saturated rings. The first-order chi connectivity index (χ1) is 17.9. The van der Waals surface area contributed by atoms with Crippen molar-refractivity contribution in [2.75, 3.05) is 25.7 Å². The normalized spacial score (nSPS) is 15.6. The van der Waals surface area contributed by atoms with Crippen LogP contribution >= 0.6 is 0 Å². The smallest absolute Gasteiger partial charge is 0.416 e. The van der Waals surface area contributed by atoms with Crippen LogP contribution in [0, 0.1) is 11.3 Å². The zero-order valence-electron chi connectivity index (χ0n) is 20.5. The molecule has 1 unspecified atom stereocenters. The number of esters is 3. The summed E-state index contributed by atoms with van der Waals surface area (Å²) in [7, 11) is 2.17. The summed E-state index contributed by atoms with van der Waals surface area (Å²) in [5.41, 5.74) is 5.52. The van der Waals surface area contributed by atoms with Crippen LogP contribution in [0.25, 0.3) is 0 Å². The van der Waals surface area contributed by atoms with Crippen molar-refractivity contribution < 1.29 is 41.8 Å². The van der Waals surface area contributed by atoms with E-state index in [0.717, 1.165) is 37.3 Å². The summed E-state index contributed by atoms with van der Waals surface area (Å²) in [6.07, 6.45) is -4.68. The molecule has 0 radical (unpaired) electrons. The van der Waals surface area contributed by atoms with Crippen molar-refractivity contribution in [2.24, 2.45) is 5.73 Å². The summed E-state index contributed by atoms with van der Waals surface area (Å²) in [5.74, 6) is -4.36. The maximum atomic E-state index is 13.5. The van der Waals surface area contributed by atoms with Crippen molar-refractivity contribution in [2.45, 2.75) is 19.0 Å². The molecular weight excluding hydrogens is 507 g/mol. The number of benzene rings is 2. The van der Waals surface area contributed by atoms with E-state index in [4.69, 9.17) is 20.5 Å². The predicted molar refractivity (Wildman–Crippen MR) is 127 cm³/mol. The molecule has 1 atom stereocenters. The predicted octanol–water partition coefficient (Wildman–Crippen LogP) is 3.51. The average Bonchev–Trinajstić information content (AvgIpc) is 2.90. The molecule has 0 saturated carbocycles. The molecule has 0 amide bonds. The van der Waals surface area contributed by atoms with Crippen molar-refractivity contribution in [3.05, 3.63) is 87.9 Å². The third-order valence-electron chi connectivity index (χ3n) is 5.80. The van der Waals surface area contributed by atoms with Crippen molar-refractivity contribution in [3.8, 4) is 6.07 Å². The highest BCUT2D eigenvalue weighted by Crippen LogP contribution is 2.44. The van der Waals surface area contributed by atoms with Gasteiger partial charge in [-0.25, -0.2) is 14.4 Å². The Morgan fingerprint density at radius 2 is 1.68 bits per heavy atom. The summed E-state index contributed by atoms with van der Waals surface area (Å²) < 4.78 is 54.9. The number of nitrogens with two attached hydrogens (primary N) is 1. The highest BCUT2D eigenvalue weighted by atomic mass is 19.4. The summed E-state index contributed by atoms with van der Waals surface area (Å²) in [6, 6.07) is 12.0. The van der Waals surface area contributed by atoms with Gasteiger partial charge in [0.05, 0.1) is 48.5 Å². The Morgan fingerprint density at radius 1 is 1.03 bits per heavy atom. The largest absolute Gasteiger partial charge is 0.466 e. The fourth-order valence-corrected chi connectivity index (χ4v) is 4.02. The minimum Gasteiger partial charge on any atom is -0.466 e. The van der Waals surface area contributed by atoms with E-state index in [9.17, 15) is 27.6 Å². The molecule has 2 N–H and O–H groups in total. The fraction of sp³-hybridized carbons (Fsp3) is 0.231. The molecule has 198 valence electrons. The lowest BCUT2D eigenvalue weighted by atomic mass is 9.80. The van der Waals surface area contributed by atoms with Gasteiger partial charge in [-0.3, -0.25) is 0 Å². The van der Waals surface area contributed by atoms with Gasteiger partial charge in [-0.1, -0.05) is 18.2 Å². The molecule has 0 bridgehead atoms. The number of methoxy groups -OCH3 is 2. The molecule has 12 heteroatoms. The van der Waals surface area contributed by atoms with E-state index >= 15 is 0 Å². The summed E-state index contributed by atoms with van der Waals surface area (Å²) in [6.45, 7) is 0.648. The highest BCUT2D eigenvalue weighted by molar-refractivity contribution is 6.02. The van der Waals surface area contributed by atoms with Gasteiger partial charge in [0.2, 0.25) is 0 Å². The van der Waals surface area contributed by atoms with Crippen LogP contribution in [0.1, 0.15) is 29.5 Å². The van der Waals surface area contributed by atoms with Crippen LogP contribution in [0.5, 0.6) is 0 Å². The number of hydrogen-bond donors (Lipinski definition) is 1. The van der Waals surface area contributed by atoms with E-state index in [-0.39, 0.29) is 28.4 Å². The van der Waals surface area contributed by atoms with Crippen LogP contribution in [-0.2, 0) is 34.8 Å². The van der Waals surface area contributed by atoms with Gasteiger partial charge in [0, 0.05) is 11.4 Å². The number of allylic oxidation sites excluding steroid dienone is 1. The van der Waals surface area contributed by atoms with Gasteiger partial charge < -0.3 is 24.8 Å². The molecule has 3 rings (SSSR count). The zero-order chi connectivity index (χ0) is 28.2. The first-order valence-electron chi connectivity index (χ1n) is 10.9. The Labute approximate surface area is 215 Å². The summed E-state index contributed by atoms with van der Waals surface area (Å²) >= 11 is 0. The Hall–Kier alpha value is -4.79. The molecule has 1 heterocycles. The number of rotatable bonds is 6. The van der Waals surface area contributed by atoms with E-state index in [1.807, 2.05) is 6.07 Å². The van der Waals surface area contributed by atoms with Gasteiger partial charge in [-0.2, -0.15) is 18.4 Å². The van der Waals surface area contributed by atoms with Crippen molar-refractivity contribution >= 4 is 23.6 Å². The Balaban J connectivity index is 2.30. The standard InChI is InChI=1S/C26H22F3N3O6/c1-14-20(25(35)38-13-19(33)36-2)21(16-9-7-15(12-30)8-10-16)22(24(34)37-3)23(31)32(14)18-6-4-5-17(11-18)26(27,28)29/h4-11,21H,13,31H2,1-3H3. The number of carbonyl (C=O) groups is 3. The van der Waals surface area contributed by atoms with E-state index in [0.29, 0.717) is 11.1 Å². The van der Waals surface area contributed by atoms with Crippen LogP contribution in [0.3, 0.4) is 0 Å². The second-order valence-corrected chi connectivity index (χ2v) is 7.99. The molecule has 0 spiro atoms. The minimum absolute atomic E-state index is 0.0405. The van der Waals surface area contributed by atoms with Crippen LogP contribution in [0.4, 0.5) is 18.9 Å². The second-order valence-electron chi connectivity index (χ2n) is 7.99. The van der Waals surface area contributed by atoms with Crippen molar-refractivity contribution in [1.82, 2.24) is 0 Å². The fourth-order valence-electron chi connectivity index (χ4n) is 4.02. The van der Waals surface area contributed by atoms with Gasteiger partial charge >= 0.3 is 24.1 Å². The maximum absolute atomic E-state index is 13.5. The lowest BCUT2D eigenvalue weighted by molar-refractivity contribution is -0.154. The molecule has 0 aromatic heterocycles. The summed E-state index contributed by atoms with van der Waals surface area (Å²) in [4.78, 5) is 39.1. The van der Waals surface area contributed by atoms with E-state index in [2.05, 4.69) is 4.74 Å². The highest BCUT2D eigenvalue weighted by Gasteiger charge is 2.42. The number of alkyl halides is 3. The Morgan fingerprint density at radius 3 is 2.24 bits per heavy atom. The first kappa shape index (κ1) is 27.8. The molecule has 2 aromatic rings. The third kappa shape index (κ3) is 5.46. The lowest BCUT2D eigenvalue weighted by Crippen LogP contribution is -2.39. The molecule has 0 saturated heterocycles. The number of carbonyl (C=O) groups excluding carboxylic acids is 3. The van der Waals surface area contributed by atoms with Crippen molar-refractivity contribution in [1.29, 1.82) is 5.26 Å². The number of halogens is 3. The monoisotopic (exact) mass is 529 g/mol. The number of hydrogen-bond acceptors (Lipinski definition) is 9. The van der Waals surface area contributed by atoms with Crippen LogP contribution in [0.15, 0.2) is 71.2 Å². The number of anilines is 1. The minimum atomic E-state index is -4.68. The van der Waals surface area contributed by atoms with Gasteiger partial charge in [0.15, 0.2) is 6.61 Å². The van der Waals surface area contributed by atoms with E-state index in [1.54, 1.807) is 0 Å². The van der Waals surface area contributed by atoms with Crippen LogP contribution in [0.2, 0.25) is 0 Å². The second kappa shape index (κ2) is 11.1. The number of nitriles is 1. The van der Waals surface area contributed by atoms with Crippen LogP contribution < -0.4 is 10.6 Å². The third-order valence-corrected chi connectivity index (χ3v) is 5.80. The van der Waals surface area contributed by atoms with Gasteiger partial charge in [0.1, 0.15) is 5.82 Å². The van der Waals surface area contributed by atoms with Gasteiger partial charge in [-0.15, -0.1) is 0 Å². The summed E-state index contributed by atoms with van der Waals surface area (Å²) in [5, 5.41) is 9.16. The molecule has 0 aliphatic carbocycles. The molecule has 38 heavy (non-hydrogen) atoms. The molecule has 2 aromatic carbocycles. The molecule has 9 nitrogen and oxygen atoms in total. The Kier molecular flexibility index (Phi) is 8.10. The molecular formula is C26H22F3N3O6. The molecule has 1 aliphatic rings. The van der Waals surface area contributed by atoms with Crippen molar-refractivity contribution in [3.63, 3.8) is 0 Å². The van der Waals surface area contributed by atoms with Crippen LogP contribution in [-0.4, -0.2) is 38.7 Å². The van der Waals surface area contributed by atoms with E-state index < -0.39 is 42.2 Å². The number of ether oxygens (including phenoxy) is 3. The SMILES string of the molecule is COC(=O)COC(=O)C1=C(C)N(c2cccc(C(F)(F)F)c2)C(N)=C(C(=O)OC)C1c1ccc(C#N)cc1. The topological polar surface area (TPSA) is 132 Å². The first-order valence-corrected chi connectivity index (χ1v) is 10.9. The Bertz CT molecular complexity index is 1370. The zero-order valence-corrected chi connectivity index (χ0v) is 20.5.